The summed E-state index contributed by atoms with van der Waals surface area (Å²) in [5.41, 5.74) is 2.70. The van der Waals surface area contributed by atoms with E-state index in [-0.39, 0.29) is 11.2 Å². The van der Waals surface area contributed by atoms with Gasteiger partial charge in [-0.25, -0.2) is 0 Å². The van der Waals surface area contributed by atoms with Crippen molar-refractivity contribution in [2.24, 2.45) is 0 Å². The van der Waals surface area contributed by atoms with E-state index in [9.17, 15) is 4.79 Å². The molecule has 0 saturated carbocycles. The van der Waals surface area contributed by atoms with Crippen LogP contribution >= 0.6 is 0 Å². The molecular formula is C20H22N2O2. The first-order chi connectivity index (χ1) is 11.5. The highest BCUT2D eigenvalue weighted by Gasteiger charge is 2.31. The summed E-state index contributed by atoms with van der Waals surface area (Å²) in [5.74, 6) is 2.58. The molecule has 2 heterocycles. The van der Waals surface area contributed by atoms with Crippen molar-refractivity contribution in [3.8, 4) is 12.3 Å². The van der Waals surface area contributed by atoms with Crippen LogP contribution in [0.5, 0.6) is 0 Å². The van der Waals surface area contributed by atoms with E-state index in [4.69, 9.17) is 11.2 Å². The topological polar surface area (TPSA) is 45.3 Å². The third-order valence-electron chi connectivity index (χ3n) is 5.02. The van der Waals surface area contributed by atoms with Gasteiger partial charge in [0.15, 0.2) is 0 Å². The predicted octanol–water partition coefficient (Wildman–Crippen LogP) is 3.16. The standard InChI is InChI=1S/C20H22N2O2/c1-5-14-7-8-17-16(13-14)18(15(6-2)19(23)21-17)22-11-9-20(3,24-4)10-12-22/h2,5,7-8,13H,1,9-12H2,3-4H3,(H,21,23). The van der Waals surface area contributed by atoms with Gasteiger partial charge in [0, 0.05) is 25.6 Å². The molecule has 0 aliphatic carbocycles. The Kier molecular flexibility index (Phi) is 4.21. The highest BCUT2D eigenvalue weighted by Crippen LogP contribution is 2.33. The van der Waals surface area contributed by atoms with Gasteiger partial charge in [0.25, 0.3) is 5.56 Å². The van der Waals surface area contributed by atoms with Gasteiger partial charge in [-0.2, -0.15) is 0 Å². The number of pyridine rings is 1. The highest BCUT2D eigenvalue weighted by atomic mass is 16.5. The number of rotatable bonds is 3. The van der Waals surface area contributed by atoms with Gasteiger partial charge < -0.3 is 14.6 Å². The Labute approximate surface area is 142 Å². The van der Waals surface area contributed by atoms with Crippen molar-refractivity contribution in [1.82, 2.24) is 4.98 Å². The number of terminal acetylenes is 1. The summed E-state index contributed by atoms with van der Waals surface area (Å²) in [6.07, 6.45) is 9.24. The Hall–Kier alpha value is -2.51. The Morgan fingerprint density at radius 1 is 1.42 bits per heavy atom. The number of H-pyrrole nitrogens is 1. The average molecular weight is 322 g/mol. The van der Waals surface area contributed by atoms with E-state index in [1.807, 2.05) is 18.2 Å². The van der Waals surface area contributed by atoms with Crippen LogP contribution in [-0.4, -0.2) is 30.8 Å². The number of aromatic amines is 1. The van der Waals surface area contributed by atoms with E-state index in [0.717, 1.165) is 48.1 Å². The van der Waals surface area contributed by atoms with Gasteiger partial charge in [-0.3, -0.25) is 4.79 Å². The van der Waals surface area contributed by atoms with Gasteiger partial charge >= 0.3 is 0 Å². The molecule has 124 valence electrons. The molecule has 1 aliphatic heterocycles. The molecule has 1 aliphatic rings. The summed E-state index contributed by atoms with van der Waals surface area (Å²) in [7, 11) is 1.75. The lowest BCUT2D eigenvalue weighted by atomic mass is 9.92. The van der Waals surface area contributed by atoms with E-state index in [1.54, 1.807) is 13.2 Å². The number of hydrogen-bond acceptors (Lipinski definition) is 3. The van der Waals surface area contributed by atoms with Crippen LogP contribution in [0.2, 0.25) is 0 Å². The van der Waals surface area contributed by atoms with Gasteiger partial charge in [0.2, 0.25) is 0 Å². The number of benzene rings is 1. The second-order valence-electron chi connectivity index (χ2n) is 6.47. The molecule has 24 heavy (non-hydrogen) atoms. The fourth-order valence-corrected chi connectivity index (χ4v) is 3.29. The van der Waals surface area contributed by atoms with Crippen molar-refractivity contribution in [1.29, 1.82) is 0 Å². The summed E-state index contributed by atoms with van der Waals surface area (Å²) < 4.78 is 5.62. The van der Waals surface area contributed by atoms with Crippen LogP contribution in [0.3, 0.4) is 0 Å². The number of ether oxygens (including phenoxy) is 1. The SMILES string of the molecule is C#Cc1c(N2CCC(C)(OC)CC2)c2cc(C=C)ccc2[nH]c1=O. The maximum atomic E-state index is 12.4. The molecular weight excluding hydrogens is 300 g/mol. The van der Waals surface area contributed by atoms with Crippen LogP contribution < -0.4 is 10.5 Å². The number of fused-ring (bicyclic) bond motifs is 1. The third-order valence-corrected chi connectivity index (χ3v) is 5.02. The number of hydrogen-bond donors (Lipinski definition) is 1. The molecule has 3 rings (SSSR count). The molecule has 1 aromatic heterocycles. The molecule has 0 unspecified atom stereocenters. The van der Waals surface area contributed by atoms with E-state index in [1.165, 1.54) is 0 Å². The van der Waals surface area contributed by atoms with Gasteiger partial charge in [0.05, 0.1) is 16.8 Å². The molecule has 0 bridgehead atoms. The van der Waals surface area contributed by atoms with Gasteiger partial charge in [-0.05, 0) is 37.5 Å². The van der Waals surface area contributed by atoms with Crippen molar-refractivity contribution < 1.29 is 4.74 Å². The fourth-order valence-electron chi connectivity index (χ4n) is 3.29. The van der Waals surface area contributed by atoms with E-state index >= 15 is 0 Å². The molecule has 1 saturated heterocycles. The first-order valence-corrected chi connectivity index (χ1v) is 8.10. The molecule has 4 nitrogen and oxygen atoms in total. The second-order valence-corrected chi connectivity index (χ2v) is 6.47. The lowest BCUT2D eigenvalue weighted by Gasteiger charge is -2.40. The van der Waals surface area contributed by atoms with Crippen molar-refractivity contribution in [2.75, 3.05) is 25.1 Å². The Morgan fingerprint density at radius 3 is 2.71 bits per heavy atom. The average Bonchev–Trinajstić information content (AvgIpc) is 2.61. The van der Waals surface area contributed by atoms with Gasteiger partial charge in [-0.1, -0.05) is 24.6 Å². The van der Waals surface area contributed by atoms with Crippen LogP contribution in [0.4, 0.5) is 5.69 Å². The quantitative estimate of drug-likeness (QED) is 0.883. The number of anilines is 1. The number of methoxy groups -OCH3 is 1. The summed E-state index contributed by atoms with van der Waals surface area (Å²) >= 11 is 0. The molecule has 0 radical (unpaired) electrons. The first-order valence-electron chi connectivity index (χ1n) is 8.10. The molecule has 1 fully saturated rings. The van der Waals surface area contributed by atoms with Gasteiger partial charge in [0.1, 0.15) is 5.56 Å². The molecule has 1 aromatic carbocycles. The summed E-state index contributed by atoms with van der Waals surface area (Å²) in [6, 6.07) is 5.86. The number of nitrogens with one attached hydrogen (secondary N) is 1. The number of piperidine rings is 1. The number of aromatic nitrogens is 1. The van der Waals surface area contributed by atoms with E-state index in [0.29, 0.717) is 5.56 Å². The van der Waals surface area contributed by atoms with Crippen molar-refractivity contribution in [3.05, 3.63) is 46.3 Å². The smallest absolute Gasteiger partial charge is 0.266 e. The maximum Gasteiger partial charge on any atom is 0.266 e. The summed E-state index contributed by atoms with van der Waals surface area (Å²) in [5, 5.41) is 0.959. The zero-order valence-electron chi connectivity index (χ0n) is 14.2. The van der Waals surface area contributed by atoms with Gasteiger partial charge in [-0.15, -0.1) is 6.42 Å². The zero-order chi connectivity index (χ0) is 17.3. The van der Waals surface area contributed by atoms with Crippen molar-refractivity contribution in [3.63, 3.8) is 0 Å². The largest absolute Gasteiger partial charge is 0.378 e. The lowest BCUT2D eigenvalue weighted by molar-refractivity contribution is -0.0132. The third kappa shape index (κ3) is 2.72. The van der Waals surface area contributed by atoms with E-state index in [2.05, 4.69) is 29.3 Å². The zero-order valence-corrected chi connectivity index (χ0v) is 14.2. The van der Waals surface area contributed by atoms with Crippen molar-refractivity contribution >= 4 is 22.7 Å². The molecule has 1 N–H and O–H groups in total. The Bertz CT molecular complexity index is 881. The Morgan fingerprint density at radius 2 is 2.12 bits per heavy atom. The molecule has 0 amide bonds. The summed E-state index contributed by atoms with van der Waals surface area (Å²) in [4.78, 5) is 17.5. The predicted molar refractivity (Wildman–Crippen MR) is 99.5 cm³/mol. The maximum absolute atomic E-state index is 12.4. The molecule has 0 atom stereocenters. The number of nitrogens with zero attached hydrogens (tertiary/aromatic N) is 1. The molecule has 4 heteroatoms. The summed E-state index contributed by atoms with van der Waals surface area (Å²) in [6.45, 7) is 7.55. The Balaban J connectivity index is 2.16. The normalized spacial score (nSPS) is 16.8. The van der Waals surface area contributed by atoms with Crippen molar-refractivity contribution in [2.45, 2.75) is 25.4 Å². The minimum absolute atomic E-state index is 0.115. The van der Waals surface area contributed by atoms with Crippen LogP contribution in [0.1, 0.15) is 30.9 Å². The minimum atomic E-state index is -0.216. The molecule has 0 spiro atoms. The second kappa shape index (κ2) is 6.18. The highest BCUT2D eigenvalue weighted by molar-refractivity contribution is 5.95. The van der Waals surface area contributed by atoms with Crippen LogP contribution in [0, 0.1) is 12.3 Å². The minimum Gasteiger partial charge on any atom is -0.378 e. The monoisotopic (exact) mass is 322 g/mol. The molecule has 2 aromatic rings. The van der Waals surface area contributed by atoms with Crippen LogP contribution in [0.15, 0.2) is 29.6 Å². The van der Waals surface area contributed by atoms with E-state index < -0.39 is 0 Å². The lowest BCUT2D eigenvalue weighted by Crippen LogP contribution is -2.44. The van der Waals surface area contributed by atoms with Crippen LogP contribution in [-0.2, 0) is 4.74 Å². The fraction of sp³-hybridized carbons (Fsp3) is 0.350. The first kappa shape index (κ1) is 16.4. The van der Waals surface area contributed by atoms with Crippen LogP contribution in [0.25, 0.3) is 17.0 Å².